The van der Waals surface area contributed by atoms with Crippen LogP contribution in [0.5, 0.6) is 0 Å². The Labute approximate surface area is 161 Å². The first kappa shape index (κ1) is 18.8. The van der Waals surface area contributed by atoms with Gasteiger partial charge in [-0.3, -0.25) is 9.59 Å². The number of carboxylic acid groups (broad SMARTS) is 1. The van der Waals surface area contributed by atoms with E-state index in [4.69, 9.17) is 0 Å². The van der Waals surface area contributed by atoms with Gasteiger partial charge < -0.3 is 10.4 Å². The van der Waals surface area contributed by atoms with Crippen molar-refractivity contribution >= 4 is 23.3 Å². The topological polar surface area (TPSA) is 109 Å². The van der Waals surface area contributed by atoms with Crippen LogP contribution >= 0.6 is 0 Å². The van der Waals surface area contributed by atoms with Crippen LogP contribution in [0, 0.1) is 0 Å². The Kier molecular flexibility index (Phi) is 4.25. The molecular weight excluding hydrogens is 391 g/mol. The highest BCUT2D eigenvalue weighted by Gasteiger charge is 2.46. The van der Waals surface area contributed by atoms with Crippen LogP contribution in [0.2, 0.25) is 0 Å². The number of benzene rings is 1. The molecule has 1 amide bonds. The number of nitrogens with zero attached hydrogens (tertiary/aromatic N) is 4. The van der Waals surface area contributed by atoms with E-state index in [0.29, 0.717) is 24.1 Å². The summed E-state index contributed by atoms with van der Waals surface area (Å²) >= 11 is 0. The average Bonchev–Trinajstić information content (AvgIpc) is 3.03. The highest BCUT2D eigenvalue weighted by Crippen LogP contribution is 2.44. The Bertz CT molecular complexity index is 1120. The molecule has 2 heterocycles. The van der Waals surface area contributed by atoms with Crippen molar-refractivity contribution in [3.8, 4) is 0 Å². The monoisotopic (exact) mass is 405 g/mol. The van der Waals surface area contributed by atoms with Gasteiger partial charge in [0.1, 0.15) is 5.69 Å². The second-order valence-electron chi connectivity index (χ2n) is 6.77. The molecule has 1 aliphatic carbocycles. The third-order valence-electron chi connectivity index (χ3n) is 4.99. The van der Waals surface area contributed by atoms with Crippen molar-refractivity contribution in [3.05, 3.63) is 53.6 Å². The number of hydrogen-bond acceptors (Lipinski definition) is 5. The van der Waals surface area contributed by atoms with Crippen LogP contribution in [0.4, 0.5) is 18.9 Å². The predicted octanol–water partition coefficient (Wildman–Crippen LogP) is 2.90. The first-order valence-corrected chi connectivity index (χ1v) is 8.65. The third-order valence-corrected chi connectivity index (χ3v) is 4.99. The molecule has 1 fully saturated rings. The number of aromatic nitrogens is 4. The largest absolute Gasteiger partial charge is 0.481 e. The Morgan fingerprint density at radius 1 is 1.17 bits per heavy atom. The summed E-state index contributed by atoms with van der Waals surface area (Å²) < 4.78 is 39.2. The van der Waals surface area contributed by atoms with Crippen LogP contribution in [0.1, 0.15) is 41.1 Å². The van der Waals surface area contributed by atoms with Crippen LogP contribution in [-0.4, -0.2) is 36.6 Å². The predicted molar refractivity (Wildman–Crippen MR) is 93.3 cm³/mol. The van der Waals surface area contributed by atoms with Crippen molar-refractivity contribution < 1.29 is 27.9 Å². The molecule has 29 heavy (non-hydrogen) atoms. The van der Waals surface area contributed by atoms with Gasteiger partial charge in [0, 0.05) is 11.9 Å². The maximum atomic E-state index is 12.8. The fraction of sp³-hybridized carbons (Fsp3) is 0.278. The minimum Gasteiger partial charge on any atom is -0.481 e. The lowest BCUT2D eigenvalue weighted by Gasteiger charge is -2.38. The lowest BCUT2D eigenvalue weighted by molar-refractivity contribution is -0.147. The van der Waals surface area contributed by atoms with Crippen molar-refractivity contribution in [2.75, 3.05) is 5.32 Å². The van der Waals surface area contributed by atoms with E-state index in [9.17, 15) is 27.9 Å². The fourth-order valence-electron chi connectivity index (χ4n) is 3.27. The first-order chi connectivity index (χ1) is 13.7. The lowest BCUT2D eigenvalue weighted by atomic mass is 9.64. The summed E-state index contributed by atoms with van der Waals surface area (Å²) in [5.74, 6) is -2.39. The molecule has 8 nitrogen and oxygen atoms in total. The van der Waals surface area contributed by atoms with Gasteiger partial charge >= 0.3 is 12.1 Å². The minimum atomic E-state index is -4.64. The first-order valence-electron chi connectivity index (χ1n) is 8.65. The zero-order valence-corrected chi connectivity index (χ0v) is 14.8. The van der Waals surface area contributed by atoms with Crippen LogP contribution in [0.15, 0.2) is 36.5 Å². The van der Waals surface area contributed by atoms with E-state index in [1.807, 2.05) is 0 Å². The number of amides is 1. The molecule has 1 aliphatic rings. The molecule has 0 aliphatic heterocycles. The van der Waals surface area contributed by atoms with Gasteiger partial charge in [0.25, 0.3) is 11.7 Å². The number of halogens is 3. The molecule has 150 valence electrons. The Morgan fingerprint density at radius 3 is 2.55 bits per heavy atom. The van der Waals surface area contributed by atoms with Gasteiger partial charge in [0.15, 0.2) is 0 Å². The SMILES string of the molecule is O=C(Nc1cccc(C2(C(=O)O)CCC2)c1)c1nc2nc(C(F)(F)F)ccn2n1. The van der Waals surface area contributed by atoms with Gasteiger partial charge in [-0.25, -0.2) is 9.50 Å². The molecule has 0 atom stereocenters. The van der Waals surface area contributed by atoms with E-state index < -0.39 is 29.2 Å². The van der Waals surface area contributed by atoms with Gasteiger partial charge in [-0.15, -0.1) is 5.10 Å². The average molecular weight is 405 g/mol. The number of rotatable bonds is 4. The molecule has 0 bridgehead atoms. The van der Waals surface area contributed by atoms with Crippen LogP contribution < -0.4 is 5.32 Å². The summed E-state index contributed by atoms with van der Waals surface area (Å²) in [6.07, 6.45) is -1.79. The molecule has 2 aromatic heterocycles. The number of carbonyl (C=O) groups excluding carboxylic acids is 1. The number of fused-ring (bicyclic) bond motifs is 1. The highest BCUT2D eigenvalue weighted by atomic mass is 19.4. The summed E-state index contributed by atoms with van der Waals surface area (Å²) in [6, 6.07) is 7.19. The van der Waals surface area contributed by atoms with Crippen molar-refractivity contribution in [2.45, 2.75) is 30.9 Å². The third kappa shape index (κ3) is 3.28. The second-order valence-corrected chi connectivity index (χ2v) is 6.77. The van der Waals surface area contributed by atoms with Crippen LogP contribution in [-0.2, 0) is 16.4 Å². The number of alkyl halides is 3. The van der Waals surface area contributed by atoms with Gasteiger partial charge in [0.2, 0.25) is 5.82 Å². The maximum Gasteiger partial charge on any atom is 0.433 e. The van der Waals surface area contributed by atoms with Gasteiger partial charge in [0.05, 0.1) is 5.41 Å². The zero-order valence-electron chi connectivity index (χ0n) is 14.8. The molecule has 3 aromatic rings. The summed E-state index contributed by atoms with van der Waals surface area (Å²) in [5.41, 5.74) is -1.19. The highest BCUT2D eigenvalue weighted by molar-refractivity contribution is 6.02. The van der Waals surface area contributed by atoms with E-state index >= 15 is 0 Å². The smallest absolute Gasteiger partial charge is 0.433 e. The number of carbonyl (C=O) groups is 2. The Hall–Kier alpha value is -3.50. The van der Waals surface area contributed by atoms with Gasteiger partial charge in [-0.1, -0.05) is 18.6 Å². The number of carboxylic acids is 1. The Balaban J connectivity index is 1.58. The van der Waals surface area contributed by atoms with E-state index in [1.54, 1.807) is 24.3 Å². The summed E-state index contributed by atoms with van der Waals surface area (Å²) in [7, 11) is 0. The quantitative estimate of drug-likeness (QED) is 0.691. The van der Waals surface area contributed by atoms with Crippen molar-refractivity contribution in [1.29, 1.82) is 0 Å². The lowest BCUT2D eigenvalue weighted by Crippen LogP contribution is -2.42. The van der Waals surface area contributed by atoms with E-state index in [2.05, 4.69) is 20.4 Å². The maximum absolute atomic E-state index is 12.8. The van der Waals surface area contributed by atoms with E-state index in [1.165, 1.54) is 0 Å². The fourth-order valence-corrected chi connectivity index (χ4v) is 3.27. The van der Waals surface area contributed by atoms with Crippen LogP contribution in [0.25, 0.3) is 5.78 Å². The molecule has 4 rings (SSSR count). The van der Waals surface area contributed by atoms with E-state index in [-0.39, 0.29) is 11.6 Å². The molecule has 11 heteroatoms. The molecular formula is C18H14F3N5O3. The van der Waals surface area contributed by atoms with Crippen molar-refractivity contribution in [3.63, 3.8) is 0 Å². The number of nitrogens with one attached hydrogen (secondary N) is 1. The molecule has 1 aromatic carbocycles. The summed E-state index contributed by atoms with van der Waals surface area (Å²) in [4.78, 5) is 31.2. The summed E-state index contributed by atoms with van der Waals surface area (Å²) in [5, 5.41) is 15.9. The molecule has 0 radical (unpaired) electrons. The van der Waals surface area contributed by atoms with Gasteiger partial charge in [-0.05, 0) is 36.6 Å². The zero-order chi connectivity index (χ0) is 20.8. The molecule has 1 saturated carbocycles. The van der Waals surface area contributed by atoms with Crippen LogP contribution in [0.3, 0.4) is 0 Å². The number of anilines is 1. The Morgan fingerprint density at radius 2 is 1.93 bits per heavy atom. The normalized spacial score (nSPS) is 15.7. The number of aliphatic carboxylic acids is 1. The molecule has 0 unspecified atom stereocenters. The number of hydrogen-bond donors (Lipinski definition) is 2. The molecule has 0 spiro atoms. The molecule has 2 N–H and O–H groups in total. The second kappa shape index (κ2) is 6.54. The minimum absolute atomic E-state index is 0.336. The summed E-state index contributed by atoms with van der Waals surface area (Å²) in [6.45, 7) is 0. The molecule has 0 saturated heterocycles. The van der Waals surface area contributed by atoms with E-state index in [0.717, 1.165) is 23.2 Å². The van der Waals surface area contributed by atoms with Crippen molar-refractivity contribution in [1.82, 2.24) is 19.6 Å². The standard InChI is InChI=1S/C18H14F3N5O3/c19-18(20,21)12-5-8-26-16(23-12)24-13(25-26)14(27)22-11-4-1-3-10(9-11)17(15(28)29)6-2-7-17/h1,3-5,8-9H,2,6-7H2,(H,22,27)(H,28,29). The van der Waals surface area contributed by atoms with Gasteiger partial charge in [-0.2, -0.15) is 18.2 Å². The van der Waals surface area contributed by atoms with Crippen molar-refractivity contribution in [2.24, 2.45) is 0 Å².